The van der Waals surface area contributed by atoms with E-state index < -0.39 is 6.36 Å². The van der Waals surface area contributed by atoms with Gasteiger partial charge in [0.1, 0.15) is 18.1 Å². The Kier molecular flexibility index (Phi) is 6.72. The van der Waals surface area contributed by atoms with E-state index in [0.717, 1.165) is 49.5 Å². The molecule has 0 saturated carbocycles. The Bertz CT molecular complexity index is 1070. The minimum atomic E-state index is -4.68. The highest BCUT2D eigenvalue weighted by Crippen LogP contribution is 2.26. The van der Waals surface area contributed by atoms with Gasteiger partial charge in [-0.3, -0.25) is 4.57 Å². The first-order valence-corrected chi connectivity index (χ1v) is 11.5. The van der Waals surface area contributed by atoms with Gasteiger partial charge in [-0.25, -0.2) is 4.98 Å². The summed E-state index contributed by atoms with van der Waals surface area (Å²) in [5, 5.41) is 0. The summed E-state index contributed by atoms with van der Waals surface area (Å²) in [4.78, 5) is 6.45. The SMILES string of the molecule is FC(F)(F)Oc1ccc(COC2CCN(c3ccc(OCC4Cn5ccnc5O4)cc3)CC2)cc1. The smallest absolute Gasteiger partial charge is 0.490 e. The van der Waals surface area contributed by atoms with E-state index in [1.807, 2.05) is 22.9 Å². The molecule has 0 N–H and O–H groups in total. The fraction of sp³-hybridized carbons (Fsp3) is 0.400. The van der Waals surface area contributed by atoms with Crippen molar-refractivity contribution < 1.29 is 32.1 Å². The fourth-order valence-electron chi connectivity index (χ4n) is 4.27. The number of hydrogen-bond donors (Lipinski definition) is 0. The maximum Gasteiger partial charge on any atom is 0.573 e. The third-order valence-electron chi connectivity index (χ3n) is 6.07. The van der Waals surface area contributed by atoms with Crippen LogP contribution in [-0.4, -0.2) is 47.8 Å². The molecule has 1 aromatic heterocycles. The van der Waals surface area contributed by atoms with Crippen molar-refractivity contribution in [1.82, 2.24) is 9.55 Å². The topological polar surface area (TPSA) is 58.0 Å². The highest BCUT2D eigenvalue weighted by molar-refractivity contribution is 5.49. The van der Waals surface area contributed by atoms with Crippen LogP contribution < -0.4 is 19.1 Å². The largest absolute Gasteiger partial charge is 0.573 e. The molecule has 0 bridgehead atoms. The third-order valence-corrected chi connectivity index (χ3v) is 6.07. The van der Waals surface area contributed by atoms with Crippen molar-refractivity contribution in [3.63, 3.8) is 0 Å². The van der Waals surface area contributed by atoms with Crippen molar-refractivity contribution >= 4 is 5.69 Å². The summed E-state index contributed by atoms with van der Waals surface area (Å²) in [5.74, 6) is 0.567. The molecule has 2 aliphatic heterocycles. The van der Waals surface area contributed by atoms with Crippen LogP contribution in [0.3, 0.4) is 0 Å². The van der Waals surface area contributed by atoms with Gasteiger partial charge in [-0.15, -0.1) is 13.2 Å². The monoisotopic (exact) mass is 489 g/mol. The zero-order valence-corrected chi connectivity index (χ0v) is 19.0. The molecule has 35 heavy (non-hydrogen) atoms. The number of piperidine rings is 1. The van der Waals surface area contributed by atoms with Gasteiger partial charge in [0.05, 0.1) is 19.3 Å². The molecule has 2 aliphatic rings. The van der Waals surface area contributed by atoms with Gasteiger partial charge in [0.2, 0.25) is 0 Å². The van der Waals surface area contributed by atoms with Crippen molar-refractivity contribution in [3.05, 3.63) is 66.5 Å². The number of anilines is 1. The maximum absolute atomic E-state index is 12.3. The van der Waals surface area contributed by atoms with E-state index >= 15 is 0 Å². The Morgan fingerprint density at radius 1 is 0.971 bits per heavy atom. The molecule has 10 heteroatoms. The standard InChI is InChI=1S/C25H26F3N3O4/c26-25(27,28)35-22-5-1-18(2-6-22)16-32-21-9-12-30(13-10-21)19-3-7-20(8-4-19)33-17-23-15-31-14-11-29-24(31)34-23/h1-8,11,14,21,23H,9-10,12-13,15-17H2. The molecule has 7 nitrogen and oxygen atoms in total. The Labute approximate surface area is 201 Å². The zero-order chi connectivity index (χ0) is 24.3. The van der Waals surface area contributed by atoms with Crippen molar-refractivity contribution in [2.24, 2.45) is 0 Å². The van der Waals surface area contributed by atoms with Crippen LogP contribution in [0.15, 0.2) is 60.9 Å². The molecule has 1 atom stereocenters. The van der Waals surface area contributed by atoms with Crippen molar-refractivity contribution in [2.75, 3.05) is 24.6 Å². The molecule has 1 unspecified atom stereocenters. The normalized spacial score (nSPS) is 18.3. The van der Waals surface area contributed by atoms with E-state index in [4.69, 9.17) is 14.2 Å². The van der Waals surface area contributed by atoms with Crippen LogP contribution in [0, 0.1) is 0 Å². The van der Waals surface area contributed by atoms with Gasteiger partial charge in [-0.2, -0.15) is 0 Å². The number of rotatable bonds is 8. The summed E-state index contributed by atoms with van der Waals surface area (Å²) in [6.45, 7) is 3.29. The zero-order valence-electron chi connectivity index (χ0n) is 19.0. The Balaban J connectivity index is 1.03. The molecule has 186 valence electrons. The quantitative estimate of drug-likeness (QED) is 0.453. The lowest BCUT2D eigenvalue weighted by Crippen LogP contribution is -2.36. The second-order valence-electron chi connectivity index (χ2n) is 8.60. The van der Waals surface area contributed by atoms with Crippen LogP contribution in [0.1, 0.15) is 18.4 Å². The molecule has 1 fully saturated rings. The van der Waals surface area contributed by atoms with Gasteiger partial charge in [0.15, 0.2) is 6.10 Å². The number of ether oxygens (including phenoxy) is 4. The number of imidazole rings is 1. The predicted octanol–water partition coefficient (Wildman–Crippen LogP) is 4.81. The average Bonchev–Trinajstić information content (AvgIpc) is 3.44. The molecular weight excluding hydrogens is 463 g/mol. The van der Waals surface area contributed by atoms with E-state index in [1.165, 1.54) is 12.1 Å². The van der Waals surface area contributed by atoms with Gasteiger partial charge in [-0.05, 0) is 54.8 Å². The molecular formula is C25H26F3N3O4. The molecule has 0 spiro atoms. The number of fused-ring (bicyclic) bond motifs is 1. The van der Waals surface area contributed by atoms with Crippen LogP contribution in [0.5, 0.6) is 17.5 Å². The molecule has 5 rings (SSSR count). The van der Waals surface area contributed by atoms with Crippen LogP contribution >= 0.6 is 0 Å². The van der Waals surface area contributed by atoms with Crippen LogP contribution in [-0.2, 0) is 17.9 Å². The second-order valence-corrected chi connectivity index (χ2v) is 8.60. The van der Waals surface area contributed by atoms with E-state index in [9.17, 15) is 13.2 Å². The number of nitrogens with zero attached hydrogens (tertiary/aromatic N) is 3. The van der Waals surface area contributed by atoms with Gasteiger partial charge >= 0.3 is 6.36 Å². The highest BCUT2D eigenvalue weighted by Gasteiger charge is 2.31. The van der Waals surface area contributed by atoms with Gasteiger partial charge in [0, 0.05) is 31.2 Å². The number of hydrogen-bond acceptors (Lipinski definition) is 6. The Hall–Kier alpha value is -3.40. The lowest BCUT2D eigenvalue weighted by Gasteiger charge is -2.33. The minimum Gasteiger partial charge on any atom is -0.490 e. The van der Waals surface area contributed by atoms with E-state index in [0.29, 0.717) is 19.2 Å². The van der Waals surface area contributed by atoms with Crippen LogP contribution in [0.25, 0.3) is 0 Å². The third kappa shape index (κ3) is 6.19. The fourth-order valence-corrected chi connectivity index (χ4v) is 4.27. The van der Waals surface area contributed by atoms with Crippen LogP contribution in [0.2, 0.25) is 0 Å². The summed E-state index contributed by atoms with van der Waals surface area (Å²) < 4.78 is 60.3. The molecule has 0 amide bonds. The molecule has 0 radical (unpaired) electrons. The molecule has 1 saturated heterocycles. The van der Waals surface area contributed by atoms with E-state index in [2.05, 4.69) is 26.8 Å². The van der Waals surface area contributed by atoms with Crippen molar-refractivity contribution in [2.45, 2.75) is 44.6 Å². The summed E-state index contributed by atoms with van der Waals surface area (Å²) >= 11 is 0. The maximum atomic E-state index is 12.3. The Morgan fingerprint density at radius 2 is 1.69 bits per heavy atom. The van der Waals surface area contributed by atoms with Gasteiger partial charge in [0.25, 0.3) is 6.01 Å². The molecule has 0 aliphatic carbocycles. The number of aromatic nitrogens is 2. The van der Waals surface area contributed by atoms with Crippen molar-refractivity contribution in [3.8, 4) is 17.5 Å². The number of halogens is 3. The first-order valence-electron chi connectivity index (χ1n) is 11.5. The first kappa shape index (κ1) is 23.3. The summed E-state index contributed by atoms with van der Waals surface area (Å²) in [6, 6.07) is 14.5. The average molecular weight is 489 g/mol. The van der Waals surface area contributed by atoms with Crippen LogP contribution in [0.4, 0.5) is 18.9 Å². The minimum absolute atomic E-state index is 0.0384. The van der Waals surface area contributed by atoms with Crippen molar-refractivity contribution in [1.29, 1.82) is 0 Å². The predicted molar refractivity (Wildman–Crippen MR) is 122 cm³/mol. The number of alkyl halides is 3. The number of benzene rings is 2. The first-order chi connectivity index (χ1) is 16.9. The van der Waals surface area contributed by atoms with Gasteiger partial charge in [-0.1, -0.05) is 12.1 Å². The summed E-state index contributed by atoms with van der Waals surface area (Å²) in [5.41, 5.74) is 1.94. The van der Waals surface area contributed by atoms with E-state index in [1.54, 1.807) is 18.3 Å². The molecule has 3 heterocycles. The molecule has 2 aromatic carbocycles. The summed E-state index contributed by atoms with van der Waals surface area (Å²) in [7, 11) is 0. The lowest BCUT2D eigenvalue weighted by atomic mass is 10.1. The summed E-state index contributed by atoms with van der Waals surface area (Å²) in [6.07, 6.45) is 0.758. The second kappa shape index (κ2) is 10.1. The van der Waals surface area contributed by atoms with E-state index in [-0.39, 0.29) is 18.0 Å². The highest BCUT2D eigenvalue weighted by atomic mass is 19.4. The molecule has 3 aromatic rings. The lowest BCUT2D eigenvalue weighted by molar-refractivity contribution is -0.274. The van der Waals surface area contributed by atoms with Gasteiger partial charge < -0.3 is 23.8 Å². The Morgan fingerprint density at radius 3 is 2.37 bits per heavy atom.